The van der Waals surface area contributed by atoms with Gasteiger partial charge in [0.2, 0.25) is 0 Å². The number of imidazole rings is 1. The second kappa shape index (κ2) is 3.52. The number of benzene rings is 1. The second-order valence-corrected chi connectivity index (χ2v) is 4.04. The van der Waals surface area contributed by atoms with Crippen molar-refractivity contribution < 1.29 is 13.2 Å². The third-order valence-electron chi connectivity index (χ3n) is 1.93. The Bertz CT molecular complexity index is 490. The molecule has 80 valence electrons. The lowest BCUT2D eigenvalue weighted by Gasteiger charge is -2.07. The standard InChI is InChI=1S/C9H6BrF3N2/c10-6-1-2-7-8(3-6)15(5-14-7)4-9(11,12)13/h1-3,5H,4H2. The zero-order valence-corrected chi connectivity index (χ0v) is 9.01. The van der Waals surface area contributed by atoms with E-state index >= 15 is 0 Å². The summed E-state index contributed by atoms with van der Waals surface area (Å²) < 4.78 is 38.4. The largest absolute Gasteiger partial charge is 0.406 e. The summed E-state index contributed by atoms with van der Waals surface area (Å²) in [5, 5.41) is 0. The summed E-state index contributed by atoms with van der Waals surface area (Å²) in [7, 11) is 0. The molecular weight excluding hydrogens is 273 g/mol. The van der Waals surface area contributed by atoms with E-state index in [1.807, 2.05) is 0 Å². The summed E-state index contributed by atoms with van der Waals surface area (Å²) in [5.74, 6) is 0. The van der Waals surface area contributed by atoms with Gasteiger partial charge in [-0.25, -0.2) is 4.98 Å². The first kappa shape index (κ1) is 10.5. The van der Waals surface area contributed by atoms with Crippen molar-refractivity contribution in [3.05, 3.63) is 29.0 Å². The number of rotatable bonds is 1. The minimum atomic E-state index is -4.23. The van der Waals surface area contributed by atoms with Crippen LogP contribution < -0.4 is 0 Å². The lowest BCUT2D eigenvalue weighted by molar-refractivity contribution is -0.139. The number of hydrogen-bond acceptors (Lipinski definition) is 1. The normalized spacial score (nSPS) is 12.3. The lowest BCUT2D eigenvalue weighted by Crippen LogP contribution is -2.16. The molecule has 0 fully saturated rings. The number of hydrogen-bond donors (Lipinski definition) is 0. The van der Waals surface area contributed by atoms with Crippen LogP contribution in [0.15, 0.2) is 29.0 Å². The predicted octanol–water partition coefficient (Wildman–Crippen LogP) is 3.36. The Balaban J connectivity index is 2.48. The first-order valence-electron chi connectivity index (χ1n) is 4.13. The van der Waals surface area contributed by atoms with Gasteiger partial charge in [-0.3, -0.25) is 0 Å². The zero-order chi connectivity index (χ0) is 11.1. The van der Waals surface area contributed by atoms with Gasteiger partial charge in [0.25, 0.3) is 0 Å². The Morgan fingerprint density at radius 3 is 2.73 bits per heavy atom. The summed E-state index contributed by atoms with van der Waals surface area (Å²) in [4.78, 5) is 3.89. The van der Waals surface area contributed by atoms with Gasteiger partial charge in [0, 0.05) is 4.47 Å². The Kier molecular flexibility index (Phi) is 2.46. The van der Waals surface area contributed by atoms with Gasteiger partial charge in [0.05, 0.1) is 17.4 Å². The summed E-state index contributed by atoms with van der Waals surface area (Å²) in [6.45, 7) is -1.01. The fourth-order valence-electron chi connectivity index (χ4n) is 1.35. The predicted molar refractivity (Wildman–Crippen MR) is 53.5 cm³/mol. The molecule has 1 heterocycles. The van der Waals surface area contributed by atoms with Crippen LogP contribution in [0.5, 0.6) is 0 Å². The molecule has 0 radical (unpaired) electrons. The fraction of sp³-hybridized carbons (Fsp3) is 0.222. The van der Waals surface area contributed by atoms with Gasteiger partial charge in [-0.1, -0.05) is 15.9 Å². The van der Waals surface area contributed by atoms with E-state index in [1.165, 1.54) is 6.33 Å². The molecule has 0 aliphatic heterocycles. The van der Waals surface area contributed by atoms with Crippen molar-refractivity contribution in [1.29, 1.82) is 0 Å². The van der Waals surface area contributed by atoms with E-state index in [0.717, 1.165) is 9.04 Å². The van der Waals surface area contributed by atoms with E-state index in [4.69, 9.17) is 0 Å². The summed E-state index contributed by atoms with van der Waals surface area (Å²) >= 11 is 3.21. The van der Waals surface area contributed by atoms with E-state index in [-0.39, 0.29) is 0 Å². The Hall–Kier alpha value is -1.04. The van der Waals surface area contributed by atoms with Crippen molar-refractivity contribution in [2.45, 2.75) is 12.7 Å². The molecule has 1 aromatic carbocycles. The second-order valence-electron chi connectivity index (χ2n) is 3.12. The van der Waals surface area contributed by atoms with Crippen LogP contribution in [-0.4, -0.2) is 15.7 Å². The monoisotopic (exact) mass is 278 g/mol. The molecule has 0 amide bonds. The maximum atomic E-state index is 12.2. The molecule has 0 spiro atoms. The van der Waals surface area contributed by atoms with Crippen molar-refractivity contribution in [2.24, 2.45) is 0 Å². The average Bonchev–Trinajstić information content (AvgIpc) is 2.46. The number of aromatic nitrogens is 2. The molecule has 0 saturated heterocycles. The summed E-state index contributed by atoms with van der Waals surface area (Å²) in [6, 6.07) is 5.04. The highest BCUT2D eigenvalue weighted by molar-refractivity contribution is 9.10. The van der Waals surface area contributed by atoms with Gasteiger partial charge in [-0.05, 0) is 18.2 Å². The Morgan fingerprint density at radius 2 is 2.07 bits per heavy atom. The molecule has 1 aromatic heterocycles. The van der Waals surface area contributed by atoms with Crippen LogP contribution in [0.2, 0.25) is 0 Å². The molecule has 2 nitrogen and oxygen atoms in total. The third kappa shape index (κ3) is 2.31. The lowest BCUT2D eigenvalue weighted by atomic mass is 10.3. The SMILES string of the molecule is FC(F)(F)Cn1cnc2ccc(Br)cc21. The average molecular weight is 279 g/mol. The van der Waals surface area contributed by atoms with Gasteiger partial charge in [0.15, 0.2) is 0 Å². The van der Waals surface area contributed by atoms with E-state index in [1.54, 1.807) is 18.2 Å². The van der Waals surface area contributed by atoms with E-state index in [9.17, 15) is 13.2 Å². The molecular formula is C9H6BrF3N2. The van der Waals surface area contributed by atoms with Crippen LogP contribution in [-0.2, 0) is 6.54 Å². The van der Waals surface area contributed by atoms with Crippen molar-refractivity contribution >= 4 is 27.0 Å². The molecule has 0 bridgehead atoms. The molecule has 0 atom stereocenters. The molecule has 0 unspecified atom stereocenters. The number of nitrogens with zero attached hydrogens (tertiary/aromatic N) is 2. The minimum Gasteiger partial charge on any atom is -0.321 e. The molecule has 0 aliphatic rings. The van der Waals surface area contributed by atoms with Gasteiger partial charge in [-0.2, -0.15) is 13.2 Å². The van der Waals surface area contributed by atoms with E-state index in [0.29, 0.717) is 11.0 Å². The van der Waals surface area contributed by atoms with Gasteiger partial charge < -0.3 is 4.57 Å². The van der Waals surface area contributed by atoms with Gasteiger partial charge in [0.1, 0.15) is 6.54 Å². The van der Waals surface area contributed by atoms with Crippen LogP contribution in [0.25, 0.3) is 11.0 Å². The quantitative estimate of drug-likeness (QED) is 0.782. The maximum Gasteiger partial charge on any atom is 0.406 e. The molecule has 2 rings (SSSR count). The highest BCUT2D eigenvalue weighted by Crippen LogP contribution is 2.23. The van der Waals surface area contributed by atoms with Crippen molar-refractivity contribution in [3.63, 3.8) is 0 Å². The van der Waals surface area contributed by atoms with Crippen molar-refractivity contribution in [1.82, 2.24) is 9.55 Å². The summed E-state index contributed by atoms with van der Waals surface area (Å²) in [5.41, 5.74) is 1.03. The van der Waals surface area contributed by atoms with Crippen LogP contribution in [0.4, 0.5) is 13.2 Å². The highest BCUT2D eigenvalue weighted by atomic mass is 79.9. The smallest absolute Gasteiger partial charge is 0.321 e. The van der Waals surface area contributed by atoms with Crippen LogP contribution in [0, 0.1) is 0 Å². The van der Waals surface area contributed by atoms with Gasteiger partial charge >= 0.3 is 6.18 Å². The molecule has 0 aliphatic carbocycles. The first-order chi connectivity index (χ1) is 6.96. The molecule has 2 aromatic rings. The van der Waals surface area contributed by atoms with Crippen LogP contribution in [0.3, 0.4) is 0 Å². The number of fused-ring (bicyclic) bond motifs is 1. The number of halogens is 4. The fourth-order valence-corrected chi connectivity index (χ4v) is 1.70. The minimum absolute atomic E-state index is 0.474. The van der Waals surface area contributed by atoms with Crippen molar-refractivity contribution in [3.8, 4) is 0 Å². The van der Waals surface area contributed by atoms with E-state index < -0.39 is 12.7 Å². The molecule has 0 N–H and O–H groups in total. The van der Waals surface area contributed by atoms with Crippen molar-refractivity contribution in [2.75, 3.05) is 0 Å². The third-order valence-corrected chi connectivity index (χ3v) is 2.43. The molecule has 6 heteroatoms. The van der Waals surface area contributed by atoms with Gasteiger partial charge in [-0.15, -0.1) is 0 Å². The zero-order valence-electron chi connectivity index (χ0n) is 7.42. The molecule has 15 heavy (non-hydrogen) atoms. The number of alkyl halides is 3. The van der Waals surface area contributed by atoms with Crippen LogP contribution in [0.1, 0.15) is 0 Å². The van der Waals surface area contributed by atoms with Crippen LogP contribution >= 0.6 is 15.9 Å². The summed E-state index contributed by atoms with van der Waals surface area (Å²) in [6.07, 6.45) is -3.03. The topological polar surface area (TPSA) is 17.8 Å². The maximum absolute atomic E-state index is 12.2. The Labute approximate surface area is 91.8 Å². The highest BCUT2D eigenvalue weighted by Gasteiger charge is 2.28. The first-order valence-corrected chi connectivity index (χ1v) is 4.92. The van der Waals surface area contributed by atoms with E-state index in [2.05, 4.69) is 20.9 Å². The molecule has 0 saturated carbocycles. The Morgan fingerprint density at radius 1 is 1.33 bits per heavy atom.